The summed E-state index contributed by atoms with van der Waals surface area (Å²) in [6.45, 7) is 2.44. The molecule has 7 rings (SSSR count). The number of aromatic amines is 2. The van der Waals surface area contributed by atoms with Crippen molar-refractivity contribution >= 4 is 94.8 Å². The molecule has 3 heterocycles. The molecule has 0 fully saturated rings. The first-order valence-electron chi connectivity index (χ1n) is 16.0. The Hall–Kier alpha value is -4.55. The van der Waals surface area contributed by atoms with E-state index in [-0.39, 0.29) is 23.6 Å². The van der Waals surface area contributed by atoms with Gasteiger partial charge in [-0.2, -0.15) is 0 Å². The number of aromatic nitrogens is 2. The number of anilines is 3. The van der Waals surface area contributed by atoms with Gasteiger partial charge in [-0.3, -0.25) is 9.59 Å². The number of fused-ring (bicyclic) bond motifs is 5. The van der Waals surface area contributed by atoms with Gasteiger partial charge >= 0.3 is 0 Å². The Bertz CT molecular complexity index is 2250. The number of amides is 2. The van der Waals surface area contributed by atoms with Crippen LogP contribution >= 0.6 is 33.4 Å². The average molecular weight is 711 g/mol. The van der Waals surface area contributed by atoms with Crippen LogP contribution in [0.3, 0.4) is 0 Å². The lowest BCUT2D eigenvalue weighted by molar-refractivity contribution is 0.0982. The highest BCUT2D eigenvalue weighted by molar-refractivity contribution is 8.76. The highest BCUT2D eigenvalue weighted by Gasteiger charge is 2.35. The molecule has 1 aliphatic rings. The number of hydrogen-bond donors (Lipinski definition) is 6. The molecule has 0 saturated carbocycles. The van der Waals surface area contributed by atoms with Crippen LogP contribution in [0.4, 0.5) is 17.1 Å². The van der Waals surface area contributed by atoms with Crippen LogP contribution in [-0.4, -0.2) is 45.4 Å². The van der Waals surface area contributed by atoms with Crippen molar-refractivity contribution < 1.29 is 14.7 Å². The third-order valence-corrected chi connectivity index (χ3v) is 10.8. The molecular weight excluding hydrogens is 676 g/mol. The molecule has 0 saturated heterocycles. The number of hydrogen-bond acceptors (Lipinski definition) is 7. The normalized spacial score (nSPS) is 14.6. The van der Waals surface area contributed by atoms with E-state index in [1.165, 1.54) is 5.70 Å². The summed E-state index contributed by atoms with van der Waals surface area (Å²) < 4.78 is 0. The largest absolute Gasteiger partial charge is 0.507 e. The second-order valence-electron chi connectivity index (χ2n) is 11.9. The fourth-order valence-corrected chi connectivity index (χ4v) is 7.89. The van der Waals surface area contributed by atoms with Crippen LogP contribution in [0.15, 0.2) is 90.6 Å². The van der Waals surface area contributed by atoms with Gasteiger partial charge in [0.05, 0.1) is 11.7 Å². The first-order chi connectivity index (χ1) is 23.9. The van der Waals surface area contributed by atoms with E-state index in [4.69, 9.17) is 11.8 Å². The summed E-state index contributed by atoms with van der Waals surface area (Å²) in [5, 5.41) is 20.5. The Morgan fingerprint density at radius 1 is 0.939 bits per heavy atom. The molecule has 6 aromatic rings. The fraction of sp³-hybridized carbons (Fsp3) is 0.189. The minimum Gasteiger partial charge on any atom is -0.507 e. The molecule has 12 heteroatoms. The van der Waals surface area contributed by atoms with Crippen molar-refractivity contribution in [3.63, 3.8) is 0 Å². The SMILES string of the molecule is CC/C=C(/CCSSC)Nc1ccc2[nH]c(C(=O)Nc3ccc4[nH]c(C(=O)N5CC(NCl)c6c5cc(O)c5ccccc65)cc4c3)cc2c1. The van der Waals surface area contributed by atoms with Crippen molar-refractivity contribution in [1.29, 1.82) is 0 Å². The van der Waals surface area contributed by atoms with Gasteiger partial charge in [-0.1, -0.05) is 58.9 Å². The summed E-state index contributed by atoms with van der Waals surface area (Å²) in [4.78, 5) is 38.1. The molecule has 2 amide bonds. The zero-order valence-electron chi connectivity index (χ0n) is 26.9. The molecule has 0 bridgehead atoms. The number of phenolic OH excluding ortho intramolecular Hbond substituents is 1. The maximum atomic E-state index is 13.9. The minimum absolute atomic E-state index is 0.0983. The number of benzene rings is 4. The zero-order valence-corrected chi connectivity index (χ0v) is 29.3. The van der Waals surface area contributed by atoms with E-state index < -0.39 is 0 Å². The van der Waals surface area contributed by atoms with Gasteiger partial charge in [-0.05, 0) is 84.8 Å². The molecule has 250 valence electrons. The summed E-state index contributed by atoms with van der Waals surface area (Å²) in [6.07, 6.45) is 6.22. The predicted octanol–water partition coefficient (Wildman–Crippen LogP) is 9.31. The Morgan fingerprint density at radius 2 is 1.61 bits per heavy atom. The fourth-order valence-electron chi connectivity index (χ4n) is 6.49. The summed E-state index contributed by atoms with van der Waals surface area (Å²) in [6, 6.07) is 24.0. The van der Waals surface area contributed by atoms with E-state index in [1.807, 2.05) is 71.5 Å². The zero-order chi connectivity index (χ0) is 34.1. The van der Waals surface area contributed by atoms with Crippen LogP contribution in [0, 0.1) is 0 Å². The number of rotatable bonds is 11. The first kappa shape index (κ1) is 33.0. The maximum absolute atomic E-state index is 13.9. The van der Waals surface area contributed by atoms with Crippen molar-refractivity contribution in [2.45, 2.75) is 25.8 Å². The standard InChI is InChI=1S/C37H35ClN6O3S2/c1-3-6-23(13-14-49-48-2)39-24-9-11-28-21(15-24)17-30(41-28)36(46)40-25-10-12-29-22(16-25)18-31(42-29)37(47)44-20-32(43-38)35-27-8-5-4-7-26(27)34(45)19-33(35)44/h4-12,15-19,32,39,41-43,45H,3,13-14,20H2,1-2H3,(H,40,46)/b23-6-. The van der Waals surface area contributed by atoms with E-state index in [9.17, 15) is 14.7 Å². The predicted molar refractivity (Wildman–Crippen MR) is 206 cm³/mol. The van der Waals surface area contributed by atoms with Gasteiger partial charge in [0.1, 0.15) is 17.1 Å². The van der Waals surface area contributed by atoms with E-state index >= 15 is 0 Å². The summed E-state index contributed by atoms with van der Waals surface area (Å²) in [5.41, 5.74) is 6.69. The van der Waals surface area contributed by atoms with Crippen LogP contribution in [0.2, 0.25) is 0 Å². The molecule has 0 radical (unpaired) electrons. The molecule has 4 aromatic carbocycles. The van der Waals surface area contributed by atoms with Crippen molar-refractivity contribution in [1.82, 2.24) is 14.8 Å². The number of nitrogens with one attached hydrogen (secondary N) is 5. The van der Waals surface area contributed by atoms with Gasteiger partial charge in [0.15, 0.2) is 0 Å². The minimum atomic E-state index is -0.311. The first-order valence-corrected chi connectivity index (χ1v) is 19.1. The third-order valence-electron chi connectivity index (χ3n) is 8.73. The summed E-state index contributed by atoms with van der Waals surface area (Å²) >= 11 is 6.14. The number of H-pyrrole nitrogens is 2. The van der Waals surface area contributed by atoms with E-state index in [0.29, 0.717) is 34.7 Å². The van der Waals surface area contributed by atoms with Crippen molar-refractivity contribution in [2.75, 3.05) is 34.1 Å². The number of aromatic hydroxyl groups is 1. The number of allylic oxidation sites excluding steroid dienone is 2. The molecule has 1 atom stereocenters. The Kier molecular flexibility index (Phi) is 9.50. The van der Waals surface area contributed by atoms with Crippen LogP contribution in [0.25, 0.3) is 32.6 Å². The number of carbonyl (C=O) groups excluding carboxylic acids is 2. The van der Waals surface area contributed by atoms with E-state index in [2.05, 4.69) is 44.7 Å². The Labute approximate surface area is 296 Å². The van der Waals surface area contributed by atoms with Crippen LogP contribution in [0.1, 0.15) is 52.3 Å². The second kappa shape index (κ2) is 14.1. The van der Waals surface area contributed by atoms with Crippen molar-refractivity contribution in [3.05, 3.63) is 108 Å². The summed E-state index contributed by atoms with van der Waals surface area (Å²) in [5.74, 6) is 0.611. The van der Waals surface area contributed by atoms with Gasteiger partial charge < -0.3 is 30.6 Å². The smallest absolute Gasteiger partial charge is 0.274 e. The number of carbonyl (C=O) groups is 2. The molecule has 1 unspecified atom stereocenters. The highest BCUT2D eigenvalue weighted by Crippen LogP contribution is 2.44. The lowest BCUT2D eigenvalue weighted by atomic mass is 9.99. The molecule has 9 nitrogen and oxygen atoms in total. The van der Waals surface area contributed by atoms with Crippen LogP contribution in [-0.2, 0) is 0 Å². The topological polar surface area (TPSA) is 125 Å². The highest BCUT2D eigenvalue weighted by atomic mass is 35.5. The molecule has 0 aliphatic carbocycles. The molecular formula is C37H35ClN6O3S2. The third kappa shape index (κ3) is 6.59. The lowest BCUT2D eigenvalue weighted by Crippen LogP contribution is -2.31. The Morgan fingerprint density at radius 3 is 2.31 bits per heavy atom. The quantitative estimate of drug-likeness (QED) is 0.0450. The van der Waals surface area contributed by atoms with Gasteiger partial charge in [0.25, 0.3) is 11.8 Å². The van der Waals surface area contributed by atoms with Crippen molar-refractivity contribution in [2.24, 2.45) is 0 Å². The maximum Gasteiger partial charge on any atom is 0.274 e. The molecule has 6 N–H and O–H groups in total. The van der Waals surface area contributed by atoms with Crippen LogP contribution in [0.5, 0.6) is 5.75 Å². The molecule has 0 spiro atoms. The Balaban J connectivity index is 1.08. The average Bonchev–Trinajstić information content (AvgIpc) is 3.83. The van der Waals surface area contributed by atoms with E-state index in [0.717, 1.165) is 57.0 Å². The summed E-state index contributed by atoms with van der Waals surface area (Å²) in [7, 11) is 3.62. The molecule has 49 heavy (non-hydrogen) atoms. The lowest BCUT2D eigenvalue weighted by Gasteiger charge is -2.17. The second-order valence-corrected chi connectivity index (χ2v) is 14.8. The number of halogens is 1. The van der Waals surface area contributed by atoms with E-state index in [1.54, 1.807) is 33.9 Å². The van der Waals surface area contributed by atoms with Crippen LogP contribution < -0.4 is 20.4 Å². The number of nitrogens with zero attached hydrogens (tertiary/aromatic N) is 1. The van der Waals surface area contributed by atoms with Gasteiger partial charge in [0.2, 0.25) is 0 Å². The van der Waals surface area contributed by atoms with Gasteiger partial charge in [-0.25, -0.2) is 4.84 Å². The van der Waals surface area contributed by atoms with Gasteiger partial charge in [-0.15, -0.1) is 0 Å². The molecule has 1 aliphatic heterocycles. The van der Waals surface area contributed by atoms with Crippen molar-refractivity contribution in [3.8, 4) is 5.75 Å². The monoisotopic (exact) mass is 710 g/mol. The number of phenols is 1. The van der Waals surface area contributed by atoms with Gasteiger partial charge in [0, 0.05) is 68.2 Å². The molecule has 2 aromatic heterocycles.